The van der Waals surface area contributed by atoms with E-state index in [1.165, 1.54) is 61.8 Å². The minimum absolute atomic E-state index is 0.423. The maximum Gasteiger partial charge on any atom is 0.144 e. The highest BCUT2D eigenvalue weighted by Crippen LogP contribution is 2.34. The summed E-state index contributed by atoms with van der Waals surface area (Å²) in [5.74, 6) is 1.28. The van der Waals surface area contributed by atoms with Crippen LogP contribution in [0.3, 0.4) is 0 Å². The number of fused-ring (bicyclic) bond motifs is 1. The molecule has 3 nitrogen and oxygen atoms in total. The minimum atomic E-state index is 0.423. The van der Waals surface area contributed by atoms with Crippen LogP contribution in [0.25, 0.3) is 0 Å². The SMILES string of the molecule is CC(C)c1nc(NC2CCCCC2)c(C#N)c2c1CCCC2. The Hall–Kier alpha value is -1.56. The van der Waals surface area contributed by atoms with Crippen molar-refractivity contribution in [2.24, 2.45) is 0 Å². The average Bonchev–Trinajstić information content (AvgIpc) is 2.55. The molecule has 0 spiro atoms. The molecule has 1 N–H and O–H groups in total. The molecule has 1 heterocycles. The lowest BCUT2D eigenvalue weighted by Gasteiger charge is -2.27. The highest BCUT2D eigenvalue weighted by atomic mass is 15.0. The number of rotatable bonds is 3. The van der Waals surface area contributed by atoms with Crippen LogP contribution in [0.1, 0.15) is 87.1 Å². The number of nitrogens with zero attached hydrogens (tertiary/aromatic N) is 2. The fourth-order valence-corrected chi connectivity index (χ4v) is 3.99. The average molecular weight is 297 g/mol. The van der Waals surface area contributed by atoms with Gasteiger partial charge in [0, 0.05) is 11.7 Å². The summed E-state index contributed by atoms with van der Waals surface area (Å²) < 4.78 is 0. The van der Waals surface area contributed by atoms with Crippen molar-refractivity contribution in [3.8, 4) is 6.07 Å². The second-order valence-corrected chi connectivity index (χ2v) is 7.13. The molecule has 118 valence electrons. The van der Waals surface area contributed by atoms with Crippen LogP contribution >= 0.6 is 0 Å². The first-order chi connectivity index (χ1) is 10.7. The first-order valence-electron chi connectivity index (χ1n) is 8.93. The number of nitriles is 1. The van der Waals surface area contributed by atoms with Gasteiger partial charge in [0.15, 0.2) is 0 Å². The zero-order valence-corrected chi connectivity index (χ0v) is 13.9. The predicted molar refractivity (Wildman–Crippen MR) is 90.2 cm³/mol. The number of hydrogen-bond acceptors (Lipinski definition) is 3. The Morgan fingerprint density at radius 3 is 2.36 bits per heavy atom. The molecule has 1 aromatic heterocycles. The van der Waals surface area contributed by atoms with Crippen molar-refractivity contribution in [3.63, 3.8) is 0 Å². The molecule has 3 rings (SSSR count). The topological polar surface area (TPSA) is 48.7 Å². The summed E-state index contributed by atoms with van der Waals surface area (Å²) >= 11 is 0. The van der Waals surface area contributed by atoms with E-state index in [1.54, 1.807) is 0 Å². The van der Waals surface area contributed by atoms with Crippen molar-refractivity contribution in [2.75, 3.05) is 5.32 Å². The highest BCUT2D eigenvalue weighted by molar-refractivity contribution is 5.61. The normalized spacial score (nSPS) is 18.8. The Bertz CT molecular complexity index is 577. The van der Waals surface area contributed by atoms with Gasteiger partial charge in [-0.3, -0.25) is 0 Å². The summed E-state index contributed by atoms with van der Waals surface area (Å²) in [6.45, 7) is 4.43. The van der Waals surface area contributed by atoms with Crippen LogP contribution in [0.4, 0.5) is 5.82 Å². The molecule has 0 aliphatic heterocycles. The lowest BCUT2D eigenvalue weighted by Crippen LogP contribution is -2.25. The zero-order valence-electron chi connectivity index (χ0n) is 13.9. The number of anilines is 1. The first-order valence-corrected chi connectivity index (χ1v) is 8.93. The van der Waals surface area contributed by atoms with Gasteiger partial charge in [-0.1, -0.05) is 33.1 Å². The van der Waals surface area contributed by atoms with Crippen molar-refractivity contribution in [2.45, 2.75) is 83.6 Å². The number of nitrogens with one attached hydrogen (secondary N) is 1. The molecule has 0 saturated heterocycles. The lowest BCUT2D eigenvalue weighted by atomic mass is 9.85. The summed E-state index contributed by atoms with van der Waals surface area (Å²) in [6, 6.07) is 2.95. The third kappa shape index (κ3) is 2.97. The Balaban J connectivity index is 2.00. The summed E-state index contributed by atoms with van der Waals surface area (Å²) in [6.07, 6.45) is 10.9. The van der Waals surface area contributed by atoms with Gasteiger partial charge < -0.3 is 5.32 Å². The molecule has 22 heavy (non-hydrogen) atoms. The van der Waals surface area contributed by atoms with E-state index in [0.717, 1.165) is 24.2 Å². The molecular formula is C19H27N3. The summed E-state index contributed by atoms with van der Waals surface area (Å²) in [4.78, 5) is 4.92. The Labute approximate surface area is 134 Å². The van der Waals surface area contributed by atoms with Gasteiger partial charge in [0.2, 0.25) is 0 Å². The van der Waals surface area contributed by atoms with Gasteiger partial charge in [0.25, 0.3) is 0 Å². The monoisotopic (exact) mass is 297 g/mol. The van der Waals surface area contributed by atoms with Gasteiger partial charge >= 0.3 is 0 Å². The Morgan fingerprint density at radius 1 is 1.05 bits per heavy atom. The summed E-state index contributed by atoms with van der Waals surface area (Å²) in [5.41, 5.74) is 4.69. The van der Waals surface area contributed by atoms with Gasteiger partial charge in [-0.2, -0.15) is 5.26 Å². The fraction of sp³-hybridized carbons (Fsp3) is 0.684. The van der Waals surface area contributed by atoms with Gasteiger partial charge in [0.05, 0.1) is 5.56 Å². The van der Waals surface area contributed by atoms with Gasteiger partial charge in [-0.15, -0.1) is 0 Å². The van der Waals surface area contributed by atoms with Crippen LogP contribution in [0.2, 0.25) is 0 Å². The lowest BCUT2D eigenvalue weighted by molar-refractivity contribution is 0.461. The molecular weight excluding hydrogens is 270 g/mol. The molecule has 0 amide bonds. The second kappa shape index (κ2) is 6.69. The van der Waals surface area contributed by atoms with E-state index in [-0.39, 0.29) is 0 Å². The smallest absolute Gasteiger partial charge is 0.144 e. The third-order valence-electron chi connectivity index (χ3n) is 5.15. The molecule has 1 saturated carbocycles. The minimum Gasteiger partial charge on any atom is -0.366 e. The molecule has 1 aromatic rings. The van der Waals surface area contributed by atoms with Crippen molar-refractivity contribution in [1.29, 1.82) is 5.26 Å². The van der Waals surface area contributed by atoms with E-state index in [1.807, 2.05) is 0 Å². The maximum atomic E-state index is 9.70. The molecule has 1 fully saturated rings. The molecule has 3 heteroatoms. The van der Waals surface area contributed by atoms with E-state index in [4.69, 9.17) is 4.98 Å². The van der Waals surface area contributed by atoms with Crippen molar-refractivity contribution >= 4 is 5.82 Å². The van der Waals surface area contributed by atoms with Crippen LogP contribution in [0.15, 0.2) is 0 Å². The molecule has 2 aliphatic carbocycles. The van der Waals surface area contributed by atoms with E-state index < -0.39 is 0 Å². The highest BCUT2D eigenvalue weighted by Gasteiger charge is 2.24. The zero-order chi connectivity index (χ0) is 15.5. The van der Waals surface area contributed by atoms with Crippen LogP contribution in [0, 0.1) is 11.3 Å². The Morgan fingerprint density at radius 2 is 1.73 bits per heavy atom. The first kappa shape index (κ1) is 15.3. The Kier molecular flexibility index (Phi) is 4.66. The number of aromatic nitrogens is 1. The molecule has 0 atom stereocenters. The van der Waals surface area contributed by atoms with Crippen molar-refractivity contribution in [3.05, 3.63) is 22.4 Å². The third-order valence-corrected chi connectivity index (χ3v) is 5.15. The predicted octanol–water partition coefficient (Wildman–Crippen LogP) is 4.70. The van der Waals surface area contributed by atoms with Gasteiger partial charge in [0.1, 0.15) is 11.9 Å². The van der Waals surface area contributed by atoms with Crippen LogP contribution < -0.4 is 5.32 Å². The van der Waals surface area contributed by atoms with Gasteiger partial charge in [-0.05, 0) is 55.6 Å². The van der Waals surface area contributed by atoms with E-state index >= 15 is 0 Å². The second-order valence-electron chi connectivity index (χ2n) is 7.13. The van der Waals surface area contributed by atoms with E-state index in [2.05, 4.69) is 25.2 Å². The summed E-state index contributed by atoms with van der Waals surface area (Å²) in [7, 11) is 0. The van der Waals surface area contributed by atoms with Crippen molar-refractivity contribution < 1.29 is 0 Å². The quantitative estimate of drug-likeness (QED) is 0.879. The maximum absolute atomic E-state index is 9.70. The standard InChI is InChI=1S/C19H27N3/c1-13(2)18-16-11-7-6-10-15(16)17(12-20)19(22-18)21-14-8-4-3-5-9-14/h13-14H,3-11H2,1-2H3,(H,21,22). The fourth-order valence-electron chi connectivity index (χ4n) is 3.99. The van der Waals surface area contributed by atoms with E-state index in [9.17, 15) is 5.26 Å². The molecule has 2 aliphatic rings. The summed E-state index contributed by atoms with van der Waals surface area (Å²) in [5, 5.41) is 13.3. The number of pyridine rings is 1. The molecule has 0 aromatic carbocycles. The van der Waals surface area contributed by atoms with Crippen molar-refractivity contribution in [1.82, 2.24) is 4.98 Å². The van der Waals surface area contributed by atoms with E-state index in [0.29, 0.717) is 12.0 Å². The molecule has 0 radical (unpaired) electrons. The van der Waals surface area contributed by atoms with Crippen LogP contribution in [-0.2, 0) is 12.8 Å². The van der Waals surface area contributed by atoms with Crippen LogP contribution in [0.5, 0.6) is 0 Å². The number of hydrogen-bond donors (Lipinski definition) is 1. The van der Waals surface area contributed by atoms with Crippen LogP contribution in [-0.4, -0.2) is 11.0 Å². The largest absolute Gasteiger partial charge is 0.366 e. The molecule has 0 unspecified atom stereocenters. The van der Waals surface area contributed by atoms with Gasteiger partial charge in [-0.25, -0.2) is 4.98 Å². The molecule has 0 bridgehead atoms.